The van der Waals surface area contributed by atoms with Crippen LogP contribution in [0.4, 0.5) is 4.79 Å². The molecular formula is C6H11NO2. The molecule has 1 fully saturated rings. The largest absolute Gasteiger partial charge is 0.465 e. The standard InChI is InChI=1S/C6H11NO2/c1-4-3-7(5(4)2)6(8)9/h4-5H,3H2,1-2H3,(H,8,9)/t4-,5-/m0/s1. The summed E-state index contributed by atoms with van der Waals surface area (Å²) < 4.78 is 0. The lowest BCUT2D eigenvalue weighted by Gasteiger charge is -2.42. The summed E-state index contributed by atoms with van der Waals surface area (Å²) in [6.07, 6.45) is -0.791. The quantitative estimate of drug-likeness (QED) is 0.530. The Labute approximate surface area is 54.3 Å². The molecule has 1 amide bonds. The van der Waals surface area contributed by atoms with Crippen LogP contribution in [0.3, 0.4) is 0 Å². The first-order valence-electron chi connectivity index (χ1n) is 3.12. The van der Waals surface area contributed by atoms with Crippen molar-refractivity contribution in [1.29, 1.82) is 0 Å². The van der Waals surface area contributed by atoms with Gasteiger partial charge >= 0.3 is 6.09 Å². The number of carboxylic acid groups (broad SMARTS) is 1. The molecule has 52 valence electrons. The predicted molar refractivity (Wildman–Crippen MR) is 33.4 cm³/mol. The van der Waals surface area contributed by atoms with E-state index in [2.05, 4.69) is 6.92 Å². The van der Waals surface area contributed by atoms with Crippen molar-refractivity contribution < 1.29 is 9.90 Å². The highest BCUT2D eigenvalue weighted by Gasteiger charge is 2.34. The van der Waals surface area contributed by atoms with E-state index in [0.717, 1.165) is 0 Å². The summed E-state index contributed by atoms with van der Waals surface area (Å²) in [5.74, 6) is 0.543. The molecule has 1 aliphatic heterocycles. The second-order valence-electron chi connectivity index (χ2n) is 2.65. The van der Waals surface area contributed by atoms with E-state index in [4.69, 9.17) is 5.11 Å². The van der Waals surface area contributed by atoms with E-state index in [1.807, 2.05) is 6.92 Å². The number of amides is 1. The molecule has 3 heteroatoms. The van der Waals surface area contributed by atoms with Gasteiger partial charge in [0.05, 0.1) is 0 Å². The average Bonchev–Trinajstić information content (AvgIpc) is 1.81. The van der Waals surface area contributed by atoms with Crippen LogP contribution < -0.4 is 0 Å². The summed E-state index contributed by atoms with van der Waals surface area (Å²) >= 11 is 0. The zero-order valence-electron chi connectivity index (χ0n) is 5.66. The molecule has 0 aromatic heterocycles. The minimum Gasteiger partial charge on any atom is -0.465 e. The summed E-state index contributed by atoms with van der Waals surface area (Å²) in [4.78, 5) is 11.7. The van der Waals surface area contributed by atoms with E-state index in [9.17, 15) is 4.79 Å². The van der Waals surface area contributed by atoms with Gasteiger partial charge < -0.3 is 10.0 Å². The normalized spacial score (nSPS) is 33.8. The number of nitrogens with zero attached hydrogens (tertiary/aromatic N) is 1. The average molecular weight is 129 g/mol. The van der Waals surface area contributed by atoms with Gasteiger partial charge in [-0.25, -0.2) is 4.79 Å². The Balaban J connectivity index is 2.42. The van der Waals surface area contributed by atoms with Crippen LogP contribution >= 0.6 is 0 Å². The Kier molecular flexibility index (Phi) is 1.35. The second kappa shape index (κ2) is 1.90. The lowest BCUT2D eigenvalue weighted by Crippen LogP contribution is -2.55. The fourth-order valence-corrected chi connectivity index (χ4v) is 1.05. The lowest BCUT2D eigenvalue weighted by atomic mass is 9.93. The summed E-state index contributed by atoms with van der Waals surface area (Å²) in [5.41, 5.74) is 0. The van der Waals surface area contributed by atoms with Gasteiger partial charge in [-0.15, -0.1) is 0 Å². The summed E-state index contributed by atoms with van der Waals surface area (Å²) in [7, 11) is 0. The first-order valence-corrected chi connectivity index (χ1v) is 3.12. The minimum absolute atomic E-state index is 0.225. The van der Waals surface area contributed by atoms with Crippen molar-refractivity contribution >= 4 is 6.09 Å². The van der Waals surface area contributed by atoms with E-state index in [0.29, 0.717) is 12.5 Å². The van der Waals surface area contributed by atoms with E-state index in [1.54, 1.807) is 0 Å². The Bertz CT molecular complexity index is 135. The van der Waals surface area contributed by atoms with Gasteiger partial charge in [0.25, 0.3) is 0 Å². The SMILES string of the molecule is C[C@H]1CN(C(=O)O)[C@H]1C. The topological polar surface area (TPSA) is 40.5 Å². The molecule has 0 aliphatic carbocycles. The van der Waals surface area contributed by atoms with Crippen LogP contribution in [0, 0.1) is 5.92 Å². The van der Waals surface area contributed by atoms with Crippen molar-refractivity contribution in [2.75, 3.05) is 6.54 Å². The first-order chi connectivity index (χ1) is 4.13. The van der Waals surface area contributed by atoms with Crippen LogP contribution in [0.25, 0.3) is 0 Å². The summed E-state index contributed by atoms with van der Waals surface area (Å²) in [6, 6.07) is 0.225. The molecule has 0 bridgehead atoms. The van der Waals surface area contributed by atoms with Crippen molar-refractivity contribution in [2.45, 2.75) is 19.9 Å². The van der Waals surface area contributed by atoms with Gasteiger partial charge in [0, 0.05) is 12.6 Å². The Hall–Kier alpha value is -0.730. The molecule has 1 aliphatic rings. The highest BCUT2D eigenvalue weighted by molar-refractivity contribution is 5.66. The molecular weight excluding hydrogens is 118 g/mol. The van der Waals surface area contributed by atoms with Crippen molar-refractivity contribution in [3.63, 3.8) is 0 Å². The molecule has 2 atom stereocenters. The van der Waals surface area contributed by atoms with Crippen molar-refractivity contribution in [1.82, 2.24) is 4.90 Å². The predicted octanol–water partition coefficient (Wildman–Crippen LogP) is 1.00. The van der Waals surface area contributed by atoms with Gasteiger partial charge in [-0.1, -0.05) is 6.92 Å². The fourth-order valence-electron chi connectivity index (χ4n) is 1.05. The van der Waals surface area contributed by atoms with E-state index < -0.39 is 6.09 Å². The maximum absolute atomic E-state index is 10.3. The minimum atomic E-state index is -0.791. The number of rotatable bonds is 0. The van der Waals surface area contributed by atoms with Crippen molar-refractivity contribution in [3.8, 4) is 0 Å². The third kappa shape index (κ3) is 0.866. The van der Waals surface area contributed by atoms with Crippen LogP contribution in [-0.4, -0.2) is 28.7 Å². The van der Waals surface area contributed by atoms with Crippen LogP contribution in [0.1, 0.15) is 13.8 Å². The smallest absolute Gasteiger partial charge is 0.407 e. The fraction of sp³-hybridized carbons (Fsp3) is 0.833. The zero-order chi connectivity index (χ0) is 7.02. The molecule has 1 N–H and O–H groups in total. The van der Waals surface area contributed by atoms with Crippen molar-refractivity contribution in [3.05, 3.63) is 0 Å². The molecule has 0 radical (unpaired) electrons. The summed E-state index contributed by atoms with van der Waals surface area (Å²) in [6.45, 7) is 4.70. The van der Waals surface area contributed by atoms with Gasteiger partial charge in [-0.05, 0) is 12.8 Å². The zero-order valence-corrected chi connectivity index (χ0v) is 5.66. The number of likely N-dealkylation sites (tertiary alicyclic amines) is 1. The molecule has 1 rings (SSSR count). The summed E-state index contributed by atoms with van der Waals surface area (Å²) in [5, 5.41) is 8.45. The van der Waals surface area contributed by atoms with Crippen LogP contribution in [0.5, 0.6) is 0 Å². The van der Waals surface area contributed by atoms with E-state index in [1.165, 1.54) is 4.90 Å². The molecule has 0 aromatic rings. The highest BCUT2D eigenvalue weighted by atomic mass is 16.4. The van der Waals surface area contributed by atoms with Gasteiger partial charge in [0.1, 0.15) is 0 Å². The van der Waals surface area contributed by atoms with Crippen molar-refractivity contribution in [2.24, 2.45) is 5.92 Å². The second-order valence-corrected chi connectivity index (χ2v) is 2.65. The number of hydrogen-bond donors (Lipinski definition) is 1. The number of carbonyl (C=O) groups is 1. The molecule has 0 aromatic carbocycles. The third-order valence-corrected chi connectivity index (χ3v) is 2.05. The molecule has 0 saturated carbocycles. The molecule has 1 heterocycles. The van der Waals surface area contributed by atoms with Gasteiger partial charge in [0.15, 0.2) is 0 Å². The maximum Gasteiger partial charge on any atom is 0.407 e. The van der Waals surface area contributed by atoms with E-state index in [-0.39, 0.29) is 6.04 Å². The Morgan fingerprint density at radius 3 is 2.33 bits per heavy atom. The lowest BCUT2D eigenvalue weighted by molar-refractivity contribution is 0.0413. The maximum atomic E-state index is 10.3. The molecule has 3 nitrogen and oxygen atoms in total. The Morgan fingerprint density at radius 2 is 2.22 bits per heavy atom. The van der Waals surface area contributed by atoms with Gasteiger partial charge in [-0.2, -0.15) is 0 Å². The molecule has 1 saturated heterocycles. The van der Waals surface area contributed by atoms with Gasteiger partial charge in [-0.3, -0.25) is 0 Å². The van der Waals surface area contributed by atoms with Gasteiger partial charge in [0.2, 0.25) is 0 Å². The third-order valence-electron chi connectivity index (χ3n) is 2.05. The Morgan fingerprint density at radius 1 is 1.67 bits per heavy atom. The van der Waals surface area contributed by atoms with Crippen LogP contribution in [-0.2, 0) is 0 Å². The molecule has 0 spiro atoms. The van der Waals surface area contributed by atoms with Crippen LogP contribution in [0.15, 0.2) is 0 Å². The van der Waals surface area contributed by atoms with Crippen LogP contribution in [0.2, 0.25) is 0 Å². The molecule has 9 heavy (non-hydrogen) atoms. The number of hydrogen-bond acceptors (Lipinski definition) is 1. The van der Waals surface area contributed by atoms with E-state index >= 15 is 0 Å². The monoisotopic (exact) mass is 129 g/mol. The highest BCUT2D eigenvalue weighted by Crippen LogP contribution is 2.22. The molecule has 0 unspecified atom stereocenters. The first kappa shape index (κ1) is 6.39.